The normalized spacial score (nSPS) is 10.2. The van der Waals surface area contributed by atoms with Gasteiger partial charge in [0.15, 0.2) is 0 Å². The summed E-state index contributed by atoms with van der Waals surface area (Å²) in [6.45, 7) is 1.77. The Balaban J connectivity index is 2.26. The van der Waals surface area contributed by atoms with Gasteiger partial charge in [0.1, 0.15) is 5.15 Å². The van der Waals surface area contributed by atoms with Gasteiger partial charge >= 0.3 is 0 Å². The maximum atomic E-state index is 12.4. The lowest BCUT2D eigenvalue weighted by molar-refractivity contribution is -0.116. The lowest BCUT2D eigenvalue weighted by Gasteiger charge is -2.16. The van der Waals surface area contributed by atoms with Gasteiger partial charge in [-0.2, -0.15) is 0 Å². The van der Waals surface area contributed by atoms with Crippen LogP contribution in [0.1, 0.15) is 21.6 Å². The van der Waals surface area contributed by atoms with Crippen LogP contribution in [0.2, 0.25) is 10.4 Å². The van der Waals surface area contributed by atoms with Crippen molar-refractivity contribution < 1.29 is 9.59 Å². The quantitative estimate of drug-likeness (QED) is 0.493. The lowest BCUT2D eigenvalue weighted by Crippen LogP contribution is -2.30. The predicted octanol–water partition coefficient (Wildman–Crippen LogP) is 2.89. The third kappa shape index (κ3) is 3.77. The van der Waals surface area contributed by atoms with Gasteiger partial charge in [-0.05, 0) is 36.2 Å². The average molecular weight is 324 g/mol. The summed E-state index contributed by atoms with van der Waals surface area (Å²) in [5.74, 6) is -0.408. The third-order valence-corrected chi connectivity index (χ3v) is 3.18. The second-order valence-corrected chi connectivity index (χ2v) is 5.03. The van der Waals surface area contributed by atoms with Gasteiger partial charge in [0.2, 0.25) is 11.7 Å². The molecule has 2 rings (SSSR count). The average Bonchev–Trinajstić information content (AvgIpc) is 2.43. The van der Waals surface area contributed by atoms with E-state index in [-0.39, 0.29) is 17.0 Å². The molecule has 1 heterocycles. The van der Waals surface area contributed by atoms with E-state index in [0.717, 1.165) is 10.5 Å². The summed E-state index contributed by atoms with van der Waals surface area (Å²) < 4.78 is 0. The summed E-state index contributed by atoms with van der Waals surface area (Å²) in [6.07, 6.45) is 0.457. The molecule has 0 atom stereocenters. The van der Waals surface area contributed by atoms with Crippen LogP contribution in [-0.2, 0) is 11.3 Å². The summed E-state index contributed by atoms with van der Waals surface area (Å²) in [7, 11) is 0. The molecule has 0 bridgehead atoms. The van der Waals surface area contributed by atoms with Gasteiger partial charge in [-0.1, -0.05) is 29.8 Å². The van der Waals surface area contributed by atoms with Crippen LogP contribution in [0.4, 0.5) is 0 Å². The van der Waals surface area contributed by atoms with E-state index in [0.29, 0.717) is 17.7 Å². The second kappa shape index (κ2) is 6.65. The number of imide groups is 1. The van der Waals surface area contributed by atoms with Gasteiger partial charge in [-0.15, -0.1) is 0 Å². The highest BCUT2D eigenvalue weighted by Crippen LogP contribution is 2.15. The number of hydrogen-bond acceptors (Lipinski definition) is 4. The highest BCUT2D eigenvalue weighted by molar-refractivity contribution is 6.31. The number of hydrogen-bond donors (Lipinski definition) is 0. The monoisotopic (exact) mass is 323 g/mol. The molecule has 21 heavy (non-hydrogen) atoms. The standard InChI is InChI=1S/C14H11Cl2N3O2/c1-9-4-2-3-5-11(9)13(21)19(8-20)7-10-6-12(15)18-14(16)17-10/h2-6,8H,7H2,1H3. The van der Waals surface area contributed by atoms with Crippen LogP contribution in [0.25, 0.3) is 0 Å². The Kier molecular flexibility index (Phi) is 4.88. The number of halogens is 2. The SMILES string of the molecule is Cc1ccccc1C(=O)N(C=O)Cc1cc(Cl)nc(Cl)n1. The van der Waals surface area contributed by atoms with Crippen molar-refractivity contribution in [3.63, 3.8) is 0 Å². The van der Waals surface area contributed by atoms with Gasteiger partial charge in [0, 0.05) is 5.56 Å². The van der Waals surface area contributed by atoms with Crippen molar-refractivity contribution in [2.45, 2.75) is 13.5 Å². The van der Waals surface area contributed by atoms with Gasteiger partial charge in [0.25, 0.3) is 5.91 Å². The van der Waals surface area contributed by atoms with Gasteiger partial charge in [-0.3, -0.25) is 14.5 Å². The molecule has 2 aromatic rings. The molecule has 0 N–H and O–H groups in total. The number of aryl methyl sites for hydroxylation is 1. The van der Waals surface area contributed by atoms with Gasteiger partial charge in [-0.25, -0.2) is 9.97 Å². The zero-order valence-corrected chi connectivity index (χ0v) is 12.6. The van der Waals surface area contributed by atoms with Crippen molar-refractivity contribution >= 4 is 35.5 Å². The molecule has 0 spiro atoms. The maximum Gasteiger partial charge on any atom is 0.260 e. The van der Waals surface area contributed by atoms with E-state index in [1.807, 2.05) is 6.07 Å². The number of rotatable bonds is 4. The molecule has 7 heteroatoms. The van der Waals surface area contributed by atoms with Crippen molar-refractivity contribution in [3.05, 3.63) is 57.6 Å². The first-order chi connectivity index (χ1) is 10.0. The molecular formula is C14H11Cl2N3O2. The van der Waals surface area contributed by atoms with E-state index in [2.05, 4.69) is 9.97 Å². The fourth-order valence-electron chi connectivity index (χ4n) is 1.81. The number of carbonyl (C=O) groups excluding carboxylic acids is 2. The Morgan fingerprint density at radius 2 is 2.00 bits per heavy atom. The molecule has 5 nitrogen and oxygen atoms in total. The summed E-state index contributed by atoms with van der Waals surface area (Å²) in [5.41, 5.74) is 1.62. The molecule has 1 aromatic carbocycles. The van der Waals surface area contributed by atoms with Gasteiger partial charge < -0.3 is 0 Å². The Hall–Kier alpha value is -1.98. The highest BCUT2D eigenvalue weighted by Gasteiger charge is 2.18. The van der Waals surface area contributed by atoms with E-state index in [1.54, 1.807) is 25.1 Å². The van der Waals surface area contributed by atoms with Crippen LogP contribution >= 0.6 is 23.2 Å². The zero-order chi connectivity index (χ0) is 15.4. The number of carbonyl (C=O) groups is 2. The van der Waals surface area contributed by atoms with E-state index < -0.39 is 5.91 Å². The fourth-order valence-corrected chi connectivity index (χ4v) is 2.26. The second-order valence-electron chi connectivity index (χ2n) is 4.30. The van der Waals surface area contributed by atoms with Crippen LogP contribution < -0.4 is 0 Å². The molecule has 0 aliphatic rings. The maximum absolute atomic E-state index is 12.4. The van der Waals surface area contributed by atoms with Crippen LogP contribution in [0.3, 0.4) is 0 Å². The zero-order valence-electron chi connectivity index (χ0n) is 11.1. The molecule has 1 aromatic heterocycles. The molecule has 0 radical (unpaired) electrons. The van der Waals surface area contributed by atoms with Crippen LogP contribution in [-0.4, -0.2) is 27.2 Å². The first-order valence-electron chi connectivity index (χ1n) is 6.02. The molecule has 2 amide bonds. The summed E-state index contributed by atoms with van der Waals surface area (Å²) >= 11 is 11.5. The van der Waals surface area contributed by atoms with E-state index >= 15 is 0 Å². The Morgan fingerprint density at radius 3 is 2.62 bits per heavy atom. The van der Waals surface area contributed by atoms with E-state index in [1.165, 1.54) is 6.07 Å². The van der Waals surface area contributed by atoms with Crippen LogP contribution in [0.15, 0.2) is 30.3 Å². The summed E-state index contributed by atoms with van der Waals surface area (Å²) in [6, 6.07) is 8.47. The minimum Gasteiger partial charge on any atom is -0.278 e. The number of aromatic nitrogens is 2. The lowest BCUT2D eigenvalue weighted by atomic mass is 10.1. The van der Waals surface area contributed by atoms with Crippen molar-refractivity contribution in [3.8, 4) is 0 Å². The minimum atomic E-state index is -0.408. The van der Waals surface area contributed by atoms with Crippen LogP contribution in [0.5, 0.6) is 0 Å². The third-order valence-electron chi connectivity index (χ3n) is 2.82. The van der Waals surface area contributed by atoms with Crippen LogP contribution in [0, 0.1) is 6.92 Å². The smallest absolute Gasteiger partial charge is 0.260 e. The molecule has 0 saturated heterocycles. The van der Waals surface area contributed by atoms with E-state index in [4.69, 9.17) is 23.2 Å². The molecular weight excluding hydrogens is 313 g/mol. The summed E-state index contributed by atoms with van der Waals surface area (Å²) in [5, 5.41) is 0.117. The minimum absolute atomic E-state index is 0.0291. The summed E-state index contributed by atoms with van der Waals surface area (Å²) in [4.78, 5) is 32.2. The van der Waals surface area contributed by atoms with Crippen molar-refractivity contribution in [2.75, 3.05) is 0 Å². The van der Waals surface area contributed by atoms with Gasteiger partial charge in [0.05, 0.1) is 12.2 Å². The van der Waals surface area contributed by atoms with Crippen molar-refractivity contribution in [2.24, 2.45) is 0 Å². The molecule has 108 valence electrons. The number of benzene rings is 1. The first-order valence-corrected chi connectivity index (χ1v) is 6.77. The van der Waals surface area contributed by atoms with E-state index in [9.17, 15) is 9.59 Å². The first kappa shape index (κ1) is 15.4. The largest absolute Gasteiger partial charge is 0.278 e. The topological polar surface area (TPSA) is 63.2 Å². The molecule has 0 saturated carbocycles. The Labute approximate surface area is 131 Å². The Bertz CT molecular complexity index is 671. The predicted molar refractivity (Wildman–Crippen MR) is 79.2 cm³/mol. The fraction of sp³-hybridized carbons (Fsp3) is 0.143. The molecule has 0 fully saturated rings. The number of amides is 2. The molecule has 0 unspecified atom stereocenters. The van der Waals surface area contributed by atoms with Crippen molar-refractivity contribution in [1.29, 1.82) is 0 Å². The highest BCUT2D eigenvalue weighted by atomic mass is 35.5. The molecule has 0 aliphatic heterocycles. The number of nitrogens with zero attached hydrogens (tertiary/aromatic N) is 3. The Morgan fingerprint density at radius 1 is 1.29 bits per heavy atom. The molecule has 0 aliphatic carbocycles. The van der Waals surface area contributed by atoms with Crippen molar-refractivity contribution in [1.82, 2.24) is 14.9 Å².